The number of thiazole rings is 1. The highest BCUT2D eigenvalue weighted by molar-refractivity contribution is 7.13. The molecular formula is C13H16N2S. The Hall–Kier alpha value is -1.19. The van der Waals surface area contributed by atoms with E-state index >= 15 is 0 Å². The monoisotopic (exact) mass is 232 g/mol. The fraction of sp³-hybridized carbons (Fsp3) is 0.308. The number of nitrogens with one attached hydrogen (secondary N) is 1. The lowest BCUT2D eigenvalue weighted by Gasteiger charge is -1.98. The van der Waals surface area contributed by atoms with E-state index in [2.05, 4.69) is 46.9 Å². The predicted octanol–water partition coefficient (Wildman–Crippen LogP) is 3.09. The molecule has 1 heterocycles. The van der Waals surface area contributed by atoms with Crippen molar-refractivity contribution < 1.29 is 0 Å². The second-order valence-corrected chi connectivity index (χ2v) is 4.58. The zero-order valence-corrected chi connectivity index (χ0v) is 10.5. The summed E-state index contributed by atoms with van der Waals surface area (Å²) in [5, 5.41) is 6.33. The van der Waals surface area contributed by atoms with Crippen LogP contribution >= 0.6 is 11.3 Å². The molecule has 0 saturated heterocycles. The van der Waals surface area contributed by atoms with E-state index in [0.717, 1.165) is 23.7 Å². The maximum absolute atomic E-state index is 4.58. The number of hydrogen-bond acceptors (Lipinski definition) is 3. The highest BCUT2D eigenvalue weighted by atomic mass is 32.1. The normalized spacial score (nSPS) is 10.6. The van der Waals surface area contributed by atoms with E-state index in [4.69, 9.17) is 0 Å². The van der Waals surface area contributed by atoms with Crippen LogP contribution in [-0.4, -0.2) is 12.0 Å². The Balaban J connectivity index is 2.21. The molecule has 0 spiro atoms. The summed E-state index contributed by atoms with van der Waals surface area (Å²) < 4.78 is 0. The van der Waals surface area contributed by atoms with Crippen molar-refractivity contribution in [2.75, 3.05) is 7.05 Å². The maximum Gasteiger partial charge on any atom is 0.123 e. The van der Waals surface area contributed by atoms with Gasteiger partial charge in [-0.3, -0.25) is 0 Å². The molecule has 0 atom stereocenters. The first-order chi connectivity index (χ1) is 7.83. The average Bonchev–Trinajstić information content (AvgIpc) is 2.78. The molecule has 84 valence electrons. The topological polar surface area (TPSA) is 24.9 Å². The second kappa shape index (κ2) is 5.23. The molecule has 1 aromatic heterocycles. The summed E-state index contributed by atoms with van der Waals surface area (Å²) in [5.74, 6) is 0. The Bertz CT molecular complexity index is 445. The van der Waals surface area contributed by atoms with Gasteiger partial charge in [-0.25, -0.2) is 4.98 Å². The van der Waals surface area contributed by atoms with Gasteiger partial charge in [0.15, 0.2) is 0 Å². The van der Waals surface area contributed by atoms with Gasteiger partial charge in [0.2, 0.25) is 0 Å². The van der Waals surface area contributed by atoms with Gasteiger partial charge in [0.25, 0.3) is 0 Å². The minimum Gasteiger partial charge on any atom is -0.314 e. The van der Waals surface area contributed by atoms with Gasteiger partial charge >= 0.3 is 0 Å². The van der Waals surface area contributed by atoms with E-state index in [1.807, 2.05) is 7.05 Å². The van der Waals surface area contributed by atoms with E-state index in [-0.39, 0.29) is 0 Å². The molecule has 0 aliphatic rings. The second-order valence-electron chi connectivity index (χ2n) is 3.72. The third kappa shape index (κ3) is 2.49. The van der Waals surface area contributed by atoms with Crippen LogP contribution in [-0.2, 0) is 13.0 Å². The molecule has 1 aromatic carbocycles. The smallest absolute Gasteiger partial charge is 0.123 e. The van der Waals surface area contributed by atoms with Crippen molar-refractivity contribution in [1.29, 1.82) is 0 Å². The first kappa shape index (κ1) is 11.3. The van der Waals surface area contributed by atoms with Crippen molar-refractivity contribution in [1.82, 2.24) is 10.3 Å². The number of benzene rings is 1. The van der Waals surface area contributed by atoms with Gasteiger partial charge in [0.1, 0.15) is 5.01 Å². The van der Waals surface area contributed by atoms with Crippen LogP contribution in [0, 0.1) is 0 Å². The zero-order valence-electron chi connectivity index (χ0n) is 9.66. The van der Waals surface area contributed by atoms with Crippen LogP contribution < -0.4 is 5.32 Å². The SMILES string of the molecule is CCc1ccc(-c2nc(CNC)cs2)cc1. The van der Waals surface area contributed by atoms with Gasteiger partial charge in [0, 0.05) is 17.5 Å². The average molecular weight is 232 g/mol. The molecule has 0 fully saturated rings. The van der Waals surface area contributed by atoms with Crippen LogP contribution in [0.15, 0.2) is 29.6 Å². The lowest BCUT2D eigenvalue weighted by atomic mass is 10.1. The number of aryl methyl sites for hydroxylation is 1. The van der Waals surface area contributed by atoms with Gasteiger partial charge in [0.05, 0.1) is 5.69 Å². The van der Waals surface area contributed by atoms with Gasteiger partial charge in [-0.15, -0.1) is 11.3 Å². The van der Waals surface area contributed by atoms with Crippen LogP contribution in [0.1, 0.15) is 18.2 Å². The quantitative estimate of drug-likeness (QED) is 0.876. The molecule has 1 N–H and O–H groups in total. The van der Waals surface area contributed by atoms with Crippen molar-refractivity contribution in [3.8, 4) is 10.6 Å². The molecule has 0 amide bonds. The van der Waals surface area contributed by atoms with Crippen LogP contribution in [0.2, 0.25) is 0 Å². The summed E-state index contributed by atoms with van der Waals surface area (Å²) in [4.78, 5) is 4.58. The summed E-state index contributed by atoms with van der Waals surface area (Å²) in [6, 6.07) is 8.66. The molecule has 2 rings (SSSR count). The van der Waals surface area contributed by atoms with Gasteiger partial charge in [-0.1, -0.05) is 31.2 Å². The van der Waals surface area contributed by atoms with Crippen molar-refractivity contribution in [2.24, 2.45) is 0 Å². The molecule has 16 heavy (non-hydrogen) atoms. The number of rotatable bonds is 4. The third-order valence-corrected chi connectivity index (χ3v) is 3.46. The van der Waals surface area contributed by atoms with E-state index in [0.29, 0.717) is 0 Å². The lowest BCUT2D eigenvalue weighted by molar-refractivity contribution is 0.798. The van der Waals surface area contributed by atoms with Crippen molar-refractivity contribution >= 4 is 11.3 Å². The Morgan fingerprint density at radius 1 is 1.25 bits per heavy atom. The Kier molecular flexibility index (Phi) is 3.70. The molecular weight excluding hydrogens is 216 g/mol. The molecule has 0 aliphatic carbocycles. The molecule has 2 aromatic rings. The van der Waals surface area contributed by atoms with E-state index < -0.39 is 0 Å². The van der Waals surface area contributed by atoms with Crippen molar-refractivity contribution in [3.63, 3.8) is 0 Å². The lowest BCUT2D eigenvalue weighted by Crippen LogP contribution is -2.04. The van der Waals surface area contributed by atoms with Crippen LogP contribution in [0.4, 0.5) is 0 Å². The summed E-state index contributed by atoms with van der Waals surface area (Å²) >= 11 is 1.70. The van der Waals surface area contributed by atoms with Crippen LogP contribution in [0.5, 0.6) is 0 Å². The highest BCUT2D eigenvalue weighted by Crippen LogP contribution is 2.24. The summed E-state index contributed by atoms with van der Waals surface area (Å²) in [6.45, 7) is 3.01. The number of nitrogens with zero attached hydrogens (tertiary/aromatic N) is 1. The fourth-order valence-electron chi connectivity index (χ4n) is 1.58. The van der Waals surface area contributed by atoms with Gasteiger partial charge in [-0.2, -0.15) is 0 Å². The molecule has 3 heteroatoms. The highest BCUT2D eigenvalue weighted by Gasteiger charge is 2.03. The Morgan fingerprint density at radius 3 is 2.62 bits per heavy atom. The summed E-state index contributed by atoms with van der Waals surface area (Å²) in [7, 11) is 1.94. The Morgan fingerprint density at radius 2 is 2.00 bits per heavy atom. The molecule has 0 aliphatic heterocycles. The molecule has 2 nitrogen and oxygen atoms in total. The number of hydrogen-bond donors (Lipinski definition) is 1. The fourth-order valence-corrected chi connectivity index (χ4v) is 2.41. The maximum atomic E-state index is 4.58. The van der Waals surface area contributed by atoms with Crippen LogP contribution in [0.25, 0.3) is 10.6 Å². The zero-order chi connectivity index (χ0) is 11.4. The summed E-state index contributed by atoms with van der Waals surface area (Å²) in [6.07, 6.45) is 1.09. The van der Waals surface area contributed by atoms with Crippen molar-refractivity contribution in [3.05, 3.63) is 40.9 Å². The number of aromatic nitrogens is 1. The minimum atomic E-state index is 0.837. The van der Waals surface area contributed by atoms with Gasteiger partial charge in [-0.05, 0) is 19.0 Å². The first-order valence-corrected chi connectivity index (χ1v) is 6.39. The first-order valence-electron chi connectivity index (χ1n) is 5.51. The van der Waals surface area contributed by atoms with E-state index in [1.54, 1.807) is 11.3 Å². The third-order valence-electron chi connectivity index (χ3n) is 2.52. The largest absolute Gasteiger partial charge is 0.314 e. The Labute approximate surface area is 100 Å². The molecule has 0 saturated carbocycles. The molecule has 0 bridgehead atoms. The van der Waals surface area contributed by atoms with Crippen molar-refractivity contribution in [2.45, 2.75) is 19.9 Å². The van der Waals surface area contributed by atoms with Crippen LogP contribution in [0.3, 0.4) is 0 Å². The standard InChI is InChI=1S/C13H16N2S/c1-3-10-4-6-11(7-5-10)13-15-12(8-14-2)9-16-13/h4-7,9,14H,3,8H2,1-2H3. The minimum absolute atomic E-state index is 0.837. The predicted molar refractivity (Wildman–Crippen MR) is 69.7 cm³/mol. The van der Waals surface area contributed by atoms with E-state index in [1.165, 1.54) is 11.1 Å². The summed E-state index contributed by atoms with van der Waals surface area (Å²) in [5.41, 5.74) is 3.70. The molecule has 0 unspecified atom stereocenters. The van der Waals surface area contributed by atoms with E-state index in [9.17, 15) is 0 Å². The molecule has 0 radical (unpaired) electrons. The van der Waals surface area contributed by atoms with Gasteiger partial charge < -0.3 is 5.32 Å².